The highest BCUT2D eigenvalue weighted by molar-refractivity contribution is 5.78. The van der Waals surface area contributed by atoms with Gasteiger partial charge < -0.3 is 33.2 Å². The lowest BCUT2D eigenvalue weighted by Gasteiger charge is -2.40. The molecule has 0 aromatic heterocycles. The smallest absolute Gasteiger partial charge is 0.312 e. The molecule has 14 nitrogen and oxygen atoms in total. The number of hydrogen-bond acceptors (Lipinski definition) is 14. The quantitative estimate of drug-likeness (QED) is 0.0532. The Kier molecular flexibility index (Phi) is 97.1. The zero-order valence-electron chi connectivity index (χ0n) is 73.4. The van der Waals surface area contributed by atoms with Crippen molar-refractivity contribution >= 4 is 41.8 Å². The first kappa shape index (κ1) is 158. The Morgan fingerprint density at radius 2 is 0.509 bits per heavy atom. The van der Waals surface area contributed by atoms with E-state index in [1.165, 1.54) is 64.2 Å². The Labute approximate surface area is 722 Å². The van der Waals surface area contributed by atoms with Crippen molar-refractivity contribution in [1.29, 1.82) is 0 Å². The van der Waals surface area contributed by atoms with E-state index in [0.717, 1.165) is 89.9 Å². The molecule has 14 heteroatoms. The van der Waals surface area contributed by atoms with Crippen molar-refractivity contribution < 1.29 is 66.7 Å². The summed E-state index contributed by atoms with van der Waals surface area (Å²) in [6.45, 7) is 77.2. The average Bonchev–Trinajstić information content (AvgIpc) is 0.832. The molecule has 0 heterocycles. The van der Waals surface area contributed by atoms with Crippen LogP contribution in [0.1, 0.15) is 528 Å². The molecule has 2 aliphatic carbocycles. The van der Waals surface area contributed by atoms with Crippen molar-refractivity contribution in [2.75, 3.05) is 0 Å². The highest BCUT2D eigenvalue weighted by atomic mass is 16.6. The minimum Gasteiger partial charge on any atom is -0.460 e. The van der Waals surface area contributed by atoms with Gasteiger partial charge in [-0.3, -0.25) is 33.6 Å². The highest BCUT2D eigenvalue weighted by Crippen LogP contribution is 2.40. The van der Waals surface area contributed by atoms with Gasteiger partial charge in [-0.05, 0) is 294 Å². The fourth-order valence-corrected chi connectivity index (χ4v) is 9.14. The molecule has 0 radical (unpaired) electrons. The average molecular weight is 1650 g/mol. The molecule has 2 unspecified atom stereocenters. The lowest BCUT2D eigenvalue weighted by Crippen LogP contribution is -2.43. The van der Waals surface area contributed by atoms with Gasteiger partial charge in [0.05, 0.1) is 38.4 Å². The van der Waals surface area contributed by atoms with Crippen LogP contribution in [0.5, 0.6) is 0 Å². The van der Waals surface area contributed by atoms with Crippen LogP contribution in [0.25, 0.3) is 0 Å². The first-order valence-corrected chi connectivity index (χ1v) is 39.8. The van der Waals surface area contributed by atoms with Crippen LogP contribution < -0.4 is 0 Å². The van der Waals surface area contributed by atoms with Crippen molar-refractivity contribution in [2.24, 2.45) is 50.2 Å². The van der Waals surface area contributed by atoms with E-state index in [9.17, 15) is 33.6 Å². The molecular formula is C100H224O14. The van der Waals surface area contributed by atoms with Gasteiger partial charge in [0.25, 0.3) is 0 Å². The molecule has 2 rings (SSSR count). The fraction of sp³-hybridized carbons (Fsp3) is 0.930. The monoisotopic (exact) mass is 1650 g/mol. The maximum Gasteiger partial charge on any atom is 0.312 e. The van der Waals surface area contributed by atoms with Gasteiger partial charge in [-0.2, -0.15) is 0 Å². The van der Waals surface area contributed by atoms with Crippen molar-refractivity contribution in [3.63, 3.8) is 0 Å². The number of ether oxygens (including phenoxy) is 7. The minimum absolute atomic E-state index is 0. The van der Waals surface area contributed by atoms with E-state index in [1.807, 2.05) is 208 Å². The van der Waals surface area contributed by atoms with Crippen LogP contribution in [-0.2, 0) is 66.7 Å². The maximum atomic E-state index is 12.3. The Balaban J connectivity index is -0.0000000535. The number of esters is 7. The lowest BCUT2D eigenvalue weighted by atomic mass is 9.76. The second-order valence-electron chi connectivity index (χ2n) is 36.2. The van der Waals surface area contributed by atoms with Crippen LogP contribution in [0.4, 0.5) is 0 Å². The highest BCUT2D eigenvalue weighted by Gasteiger charge is 2.42. The molecule has 0 aromatic rings. The van der Waals surface area contributed by atoms with E-state index in [0.29, 0.717) is 11.8 Å². The topological polar surface area (TPSA) is 184 Å². The van der Waals surface area contributed by atoms with Crippen LogP contribution in [0.15, 0.2) is 0 Å². The molecule has 2 fully saturated rings. The first-order valence-electron chi connectivity index (χ1n) is 39.8. The van der Waals surface area contributed by atoms with Gasteiger partial charge in [-0.25, -0.2) is 0 Å². The number of carbonyl (C=O) groups is 7. The van der Waals surface area contributed by atoms with Gasteiger partial charge in [-0.1, -0.05) is 246 Å². The summed E-state index contributed by atoms with van der Waals surface area (Å²) in [4.78, 5) is 82.5. The molecule has 2 atom stereocenters. The zero-order valence-corrected chi connectivity index (χ0v) is 73.4. The molecule has 708 valence electrons. The summed E-state index contributed by atoms with van der Waals surface area (Å²) in [5, 5.41) is 0. The molecule has 2 aliphatic rings. The van der Waals surface area contributed by atoms with E-state index < -0.39 is 0 Å². The number of rotatable bonds is 28. The van der Waals surface area contributed by atoms with E-state index in [-0.39, 0.29) is 223 Å². The van der Waals surface area contributed by atoms with E-state index in [2.05, 4.69) is 62.3 Å². The Morgan fingerprint density at radius 1 is 0.263 bits per heavy atom. The third kappa shape index (κ3) is 63.3. The number of carbonyl (C=O) groups excluding carboxylic acids is 7. The van der Waals surface area contributed by atoms with E-state index in [1.54, 1.807) is 0 Å². The van der Waals surface area contributed by atoms with Gasteiger partial charge in [0.2, 0.25) is 0 Å². The summed E-state index contributed by atoms with van der Waals surface area (Å²) in [6, 6.07) is 0. The molecule has 2 saturated carbocycles. The molecule has 0 saturated heterocycles. The molecule has 114 heavy (non-hydrogen) atoms. The molecular weight excluding hydrogens is 1430 g/mol. The summed E-state index contributed by atoms with van der Waals surface area (Å²) >= 11 is 0. The van der Waals surface area contributed by atoms with E-state index in [4.69, 9.17) is 33.2 Å². The fourth-order valence-electron chi connectivity index (χ4n) is 9.14. The van der Waals surface area contributed by atoms with Crippen LogP contribution in [0, 0.1) is 50.2 Å². The minimum atomic E-state index is -0.372. The van der Waals surface area contributed by atoms with Crippen molar-refractivity contribution in [3.05, 3.63) is 0 Å². The predicted octanol–water partition coefficient (Wildman–Crippen LogP) is 33.7. The number of hydrogen-bond donors (Lipinski definition) is 0. The van der Waals surface area contributed by atoms with Crippen LogP contribution >= 0.6 is 0 Å². The second kappa shape index (κ2) is 70.0. The van der Waals surface area contributed by atoms with E-state index >= 15 is 0 Å². The summed E-state index contributed by atoms with van der Waals surface area (Å²) in [7, 11) is 0. The van der Waals surface area contributed by atoms with Crippen LogP contribution in [0.2, 0.25) is 0 Å². The normalized spacial score (nSPS) is 13.6. The Hall–Kier alpha value is -3.71. The molecule has 0 bridgehead atoms. The molecule has 0 spiro atoms. The summed E-state index contributed by atoms with van der Waals surface area (Å²) in [5.41, 5.74) is -4.28. The van der Waals surface area contributed by atoms with Crippen molar-refractivity contribution in [1.82, 2.24) is 0 Å². The van der Waals surface area contributed by atoms with Crippen molar-refractivity contribution in [2.45, 2.75) is 567 Å². The second-order valence-corrected chi connectivity index (χ2v) is 36.2. The lowest BCUT2D eigenvalue weighted by molar-refractivity contribution is -0.177. The standard InChI is InChI=1S/C16H30O2.C15H28O2.C13H26O2.C12H24O2.C11H22O2.C10H20O2.C9H18O2.14CH4/c1-6-15(3,4)14(17)18-16(5,7-2)13-11-9-8-10-12-13;1-6-14(2,3)13(16)17-15(4,5)12-10-8-7-9-11-12;1-7-12(5,6)11(14)15-13(8-2,9-3)10-4;1-7-11(4,5)10(13)14-12(6,8-2)9-3;1-7-10(3,4)9(12)13-11(5,6)8-2;1-7-10(5,6)8(11)12-9(2,3)4;1-6-7(2)8(10)11-9(3,4)5;;;;;;;;;;;;;;/h13H,6-12H2,1-5H3;12H,6-11H2,1-5H3;7-10H2,1-6H3;7-9H2,1-6H3;7-8H2,1-6H3;7H2,1-6H3;7H,6H2,1-5H3;14*1H4. The predicted molar refractivity (Wildman–Crippen MR) is 513 cm³/mol. The Morgan fingerprint density at radius 3 is 0.746 bits per heavy atom. The molecule has 0 aliphatic heterocycles. The van der Waals surface area contributed by atoms with Gasteiger partial charge in [0, 0.05) is 0 Å². The summed E-state index contributed by atoms with van der Waals surface area (Å²) in [6.07, 6.45) is 24.6. The maximum absolute atomic E-state index is 12.3. The summed E-state index contributed by atoms with van der Waals surface area (Å²) in [5.74, 6) is 0.589. The molecule has 0 amide bonds. The molecule has 0 aromatic carbocycles. The van der Waals surface area contributed by atoms with Gasteiger partial charge in [0.1, 0.15) is 39.2 Å². The van der Waals surface area contributed by atoms with Gasteiger partial charge in [-0.15, -0.1) is 0 Å². The third-order valence-electron chi connectivity index (χ3n) is 22.2. The SMILES string of the molecule is C.C.C.C.C.C.C.C.C.C.C.C.C.C.CCC(C)(C)C(=O)OC(C)(C)C.CCC(C)(C)C(=O)OC(C)(C)C1CCCCC1.CCC(C)(C)C(=O)OC(C)(CC)C1CCCCC1.CCC(C)(C)OC(=O)C(C)(C)CC.CCC(C)(CC)OC(=O)C(C)(C)CC.CCC(C)C(=O)OC(C)(C)C.CCC(CC)(CC)OC(=O)C(C)(C)CC. The largest absolute Gasteiger partial charge is 0.460 e. The zero-order chi connectivity index (χ0) is 80.2. The van der Waals surface area contributed by atoms with Gasteiger partial charge in [0.15, 0.2) is 0 Å². The van der Waals surface area contributed by atoms with Gasteiger partial charge >= 0.3 is 41.8 Å². The van der Waals surface area contributed by atoms with Crippen molar-refractivity contribution in [3.8, 4) is 0 Å². The third-order valence-corrected chi connectivity index (χ3v) is 22.2. The molecule has 0 N–H and O–H groups in total. The summed E-state index contributed by atoms with van der Waals surface area (Å²) < 4.78 is 38.8. The van der Waals surface area contributed by atoms with Crippen LogP contribution in [0.3, 0.4) is 0 Å². The first-order chi connectivity index (χ1) is 45.1. The Bertz CT molecular complexity index is 2290. The van der Waals surface area contributed by atoms with Crippen LogP contribution in [-0.4, -0.2) is 81.0 Å².